The Hall–Kier alpha value is -2.84. The van der Waals surface area contributed by atoms with Gasteiger partial charge in [-0.15, -0.1) is 0 Å². The summed E-state index contributed by atoms with van der Waals surface area (Å²) in [6, 6.07) is 9.83. The smallest absolute Gasteiger partial charge is 0.422 e. The summed E-state index contributed by atoms with van der Waals surface area (Å²) >= 11 is 0. The van der Waals surface area contributed by atoms with Crippen LogP contribution in [-0.2, 0) is 12.0 Å². The zero-order valence-electron chi connectivity index (χ0n) is 15.9. The van der Waals surface area contributed by atoms with Gasteiger partial charge < -0.3 is 15.4 Å². The zero-order chi connectivity index (χ0) is 20.9. The van der Waals surface area contributed by atoms with Gasteiger partial charge in [0.15, 0.2) is 12.6 Å². The molecule has 0 amide bonds. The monoisotopic (exact) mass is 410 g/mol. The maximum Gasteiger partial charge on any atom is 0.422 e. The average Bonchev–Trinajstić information content (AvgIpc) is 3.48. The molecule has 3 rings (SSSR count). The highest BCUT2D eigenvalue weighted by Gasteiger charge is 2.44. The summed E-state index contributed by atoms with van der Waals surface area (Å²) in [6.45, 7) is -0.644. The number of hydrogen-bond donors (Lipinski definition) is 2. The molecule has 2 aromatic rings. The van der Waals surface area contributed by atoms with E-state index in [-0.39, 0.29) is 23.7 Å². The highest BCUT2D eigenvalue weighted by Crippen LogP contribution is 2.47. The van der Waals surface area contributed by atoms with Crippen molar-refractivity contribution in [1.82, 2.24) is 15.6 Å². The van der Waals surface area contributed by atoms with Crippen LogP contribution in [0.15, 0.2) is 47.6 Å². The van der Waals surface area contributed by atoms with Crippen LogP contribution in [-0.4, -0.2) is 37.3 Å². The molecule has 1 aliphatic carbocycles. The third-order valence-corrected chi connectivity index (χ3v) is 4.78. The molecule has 0 bridgehead atoms. The molecule has 9 heteroatoms. The van der Waals surface area contributed by atoms with E-state index in [1.807, 2.05) is 6.07 Å². The molecule has 0 saturated heterocycles. The Labute approximate surface area is 166 Å². The minimum absolute atomic E-state index is 0.0776. The van der Waals surface area contributed by atoms with E-state index >= 15 is 0 Å². The Kier molecular flexibility index (Phi) is 6.24. The first-order chi connectivity index (χ1) is 13.8. The van der Waals surface area contributed by atoms with Gasteiger partial charge >= 0.3 is 6.18 Å². The fourth-order valence-electron chi connectivity index (χ4n) is 3.03. The molecular weight excluding hydrogens is 388 g/mol. The number of benzene rings is 1. The largest absolute Gasteiger partial charge is 0.468 e. The zero-order valence-corrected chi connectivity index (χ0v) is 15.9. The summed E-state index contributed by atoms with van der Waals surface area (Å²) in [4.78, 5) is 8.01. The van der Waals surface area contributed by atoms with Crippen molar-refractivity contribution >= 4 is 5.96 Å². The van der Waals surface area contributed by atoms with Gasteiger partial charge in [-0.3, -0.25) is 4.99 Å². The molecule has 0 spiro atoms. The molecule has 1 aromatic heterocycles. The van der Waals surface area contributed by atoms with Crippen molar-refractivity contribution in [2.24, 2.45) is 4.99 Å². The number of nitrogens with one attached hydrogen (secondary N) is 2. The van der Waals surface area contributed by atoms with E-state index in [1.165, 1.54) is 12.3 Å². The van der Waals surface area contributed by atoms with Crippen molar-refractivity contribution < 1.29 is 22.3 Å². The van der Waals surface area contributed by atoms with Crippen molar-refractivity contribution in [3.8, 4) is 5.88 Å². The first-order valence-corrected chi connectivity index (χ1v) is 9.15. The normalized spacial score (nSPS) is 15.7. The van der Waals surface area contributed by atoms with Crippen LogP contribution in [0.5, 0.6) is 5.88 Å². The second kappa shape index (κ2) is 8.67. The van der Waals surface area contributed by atoms with Crippen LogP contribution in [0.1, 0.15) is 24.0 Å². The van der Waals surface area contributed by atoms with E-state index in [0.717, 1.165) is 18.4 Å². The number of hydrogen-bond acceptors (Lipinski definition) is 3. The number of alkyl halides is 3. The van der Waals surface area contributed by atoms with Crippen LogP contribution in [0.25, 0.3) is 0 Å². The Balaban J connectivity index is 1.57. The third kappa shape index (κ3) is 5.82. The van der Waals surface area contributed by atoms with E-state index in [2.05, 4.69) is 20.6 Å². The van der Waals surface area contributed by atoms with Crippen LogP contribution in [0, 0.1) is 5.82 Å². The quantitative estimate of drug-likeness (QED) is 0.416. The van der Waals surface area contributed by atoms with Crippen LogP contribution in [0.4, 0.5) is 17.6 Å². The maximum atomic E-state index is 13.5. The number of rotatable bonds is 7. The van der Waals surface area contributed by atoms with E-state index in [9.17, 15) is 17.6 Å². The van der Waals surface area contributed by atoms with E-state index < -0.39 is 12.8 Å². The predicted molar refractivity (Wildman–Crippen MR) is 101 cm³/mol. The van der Waals surface area contributed by atoms with Gasteiger partial charge in [0.05, 0.1) is 0 Å². The van der Waals surface area contributed by atoms with Crippen molar-refractivity contribution in [3.63, 3.8) is 0 Å². The van der Waals surface area contributed by atoms with Gasteiger partial charge in [0.2, 0.25) is 5.88 Å². The van der Waals surface area contributed by atoms with Crippen LogP contribution < -0.4 is 15.4 Å². The van der Waals surface area contributed by atoms with Gasteiger partial charge in [0.25, 0.3) is 0 Å². The molecule has 0 aliphatic heterocycles. The Morgan fingerprint density at radius 3 is 2.66 bits per heavy atom. The summed E-state index contributed by atoms with van der Waals surface area (Å²) < 4.78 is 55.5. The minimum atomic E-state index is -4.44. The number of guanidine groups is 1. The first kappa shape index (κ1) is 20.9. The van der Waals surface area contributed by atoms with Crippen molar-refractivity contribution in [3.05, 3.63) is 59.5 Å². The van der Waals surface area contributed by atoms with Crippen molar-refractivity contribution in [2.75, 3.05) is 20.2 Å². The lowest BCUT2D eigenvalue weighted by Crippen LogP contribution is -2.41. The summed E-state index contributed by atoms with van der Waals surface area (Å²) in [7, 11) is 1.60. The number of aliphatic imine (C=N–C) groups is 1. The molecule has 2 N–H and O–H groups in total. The molecule has 5 nitrogen and oxygen atoms in total. The van der Waals surface area contributed by atoms with E-state index in [1.54, 1.807) is 31.3 Å². The average molecular weight is 410 g/mol. The van der Waals surface area contributed by atoms with Gasteiger partial charge in [-0.25, -0.2) is 9.37 Å². The second-order valence-corrected chi connectivity index (χ2v) is 6.94. The predicted octanol–water partition coefficient (Wildman–Crippen LogP) is 3.56. The summed E-state index contributed by atoms with van der Waals surface area (Å²) in [6.07, 6.45) is -1.18. The fraction of sp³-hybridized carbons (Fsp3) is 0.400. The molecule has 1 saturated carbocycles. The summed E-state index contributed by atoms with van der Waals surface area (Å²) in [5.41, 5.74) is 1.29. The van der Waals surface area contributed by atoms with Gasteiger partial charge in [-0.05, 0) is 36.6 Å². The minimum Gasteiger partial charge on any atom is -0.468 e. The van der Waals surface area contributed by atoms with E-state index in [0.29, 0.717) is 18.1 Å². The molecule has 29 heavy (non-hydrogen) atoms. The number of halogens is 4. The highest BCUT2D eigenvalue weighted by molar-refractivity contribution is 5.79. The molecule has 156 valence electrons. The van der Waals surface area contributed by atoms with E-state index in [4.69, 9.17) is 4.74 Å². The summed E-state index contributed by atoms with van der Waals surface area (Å²) in [5.74, 6) is 0.142. The standard InChI is InChI=1S/C20H22F4N4O/c1-25-18(28-12-19(7-8-19)15-5-2-6-16(21)10-15)27-11-14-4-3-9-26-17(14)29-13-20(22,23)24/h2-6,9-10H,7-8,11-13H2,1H3,(H2,25,27,28). The Morgan fingerprint density at radius 2 is 2.00 bits per heavy atom. The van der Waals surface area contributed by atoms with Crippen molar-refractivity contribution in [1.29, 1.82) is 0 Å². The molecule has 0 unspecified atom stereocenters. The van der Waals surface area contributed by atoms with Gasteiger partial charge in [0, 0.05) is 37.3 Å². The fourth-order valence-corrected chi connectivity index (χ4v) is 3.03. The summed E-state index contributed by atoms with van der Waals surface area (Å²) in [5, 5.41) is 6.26. The van der Waals surface area contributed by atoms with Crippen LogP contribution >= 0.6 is 0 Å². The number of ether oxygens (including phenoxy) is 1. The highest BCUT2D eigenvalue weighted by atomic mass is 19.4. The molecule has 1 fully saturated rings. The molecular formula is C20H22F4N4O. The molecule has 1 aliphatic rings. The van der Waals surface area contributed by atoms with Gasteiger partial charge in [-0.1, -0.05) is 18.2 Å². The first-order valence-electron chi connectivity index (χ1n) is 9.15. The third-order valence-electron chi connectivity index (χ3n) is 4.78. The number of pyridine rings is 1. The Bertz CT molecular complexity index is 866. The molecule has 0 atom stereocenters. The maximum absolute atomic E-state index is 13.5. The van der Waals surface area contributed by atoms with Crippen LogP contribution in [0.2, 0.25) is 0 Å². The van der Waals surface area contributed by atoms with Gasteiger partial charge in [-0.2, -0.15) is 13.2 Å². The number of nitrogens with zero attached hydrogens (tertiary/aromatic N) is 2. The SMILES string of the molecule is CN=C(NCc1cccnc1OCC(F)(F)F)NCC1(c2cccc(F)c2)CC1. The van der Waals surface area contributed by atoms with Gasteiger partial charge in [0.1, 0.15) is 5.82 Å². The molecule has 1 heterocycles. The van der Waals surface area contributed by atoms with Crippen molar-refractivity contribution in [2.45, 2.75) is 31.0 Å². The topological polar surface area (TPSA) is 58.5 Å². The molecule has 1 aromatic carbocycles. The lowest BCUT2D eigenvalue weighted by Gasteiger charge is -2.19. The molecule has 0 radical (unpaired) electrons. The lowest BCUT2D eigenvalue weighted by molar-refractivity contribution is -0.154. The Morgan fingerprint density at radius 1 is 1.21 bits per heavy atom. The number of aromatic nitrogens is 1. The second-order valence-electron chi connectivity index (χ2n) is 6.94. The lowest BCUT2D eigenvalue weighted by atomic mass is 9.96. The van der Waals surface area contributed by atoms with Crippen LogP contribution in [0.3, 0.4) is 0 Å².